The molecule has 1 rings (SSSR count). The lowest BCUT2D eigenvalue weighted by Crippen LogP contribution is -2.49. The number of nitrogens with one attached hydrogen (secondary N) is 1. The lowest BCUT2D eigenvalue weighted by atomic mass is 9.80. The van der Waals surface area contributed by atoms with Crippen LogP contribution in [0.4, 0.5) is 0 Å². The van der Waals surface area contributed by atoms with E-state index in [-0.39, 0.29) is 5.91 Å². The molecule has 0 aliphatic carbocycles. The fourth-order valence-corrected chi connectivity index (χ4v) is 1.99. The molecule has 0 bridgehead atoms. The zero-order valence-corrected chi connectivity index (χ0v) is 12.5. The first-order valence-corrected chi connectivity index (χ1v) is 6.84. The number of carboxylic acid groups (broad SMARTS) is 1. The lowest BCUT2D eigenvalue weighted by Gasteiger charge is -2.32. The van der Waals surface area contributed by atoms with Gasteiger partial charge in [-0.2, -0.15) is 0 Å². The maximum atomic E-state index is 12.2. The highest BCUT2D eigenvalue weighted by atomic mass is 16.4. The molecule has 20 heavy (non-hydrogen) atoms. The van der Waals surface area contributed by atoms with Crippen molar-refractivity contribution in [1.29, 1.82) is 0 Å². The second-order valence-corrected chi connectivity index (χ2v) is 6.05. The minimum Gasteiger partial charge on any atom is -0.481 e. The molecular weight excluding hydrogens is 254 g/mol. The standard InChI is InChI=1S/C16H23NO3/c1-11(2)10-13(16(3,4)15(19)20)17-14(18)12-8-6-5-7-9-12/h5-9,11,13H,10H2,1-4H3,(H,17,18)(H,19,20). The SMILES string of the molecule is CC(C)CC(NC(=O)c1ccccc1)C(C)(C)C(=O)O. The lowest BCUT2D eigenvalue weighted by molar-refractivity contribution is -0.148. The maximum absolute atomic E-state index is 12.2. The van der Waals surface area contributed by atoms with Crippen molar-refractivity contribution in [2.45, 2.75) is 40.2 Å². The van der Waals surface area contributed by atoms with Crippen LogP contribution in [0.3, 0.4) is 0 Å². The molecule has 1 amide bonds. The van der Waals surface area contributed by atoms with Crippen LogP contribution in [0.5, 0.6) is 0 Å². The molecule has 0 saturated carbocycles. The van der Waals surface area contributed by atoms with Crippen LogP contribution < -0.4 is 5.32 Å². The van der Waals surface area contributed by atoms with Crippen molar-refractivity contribution in [3.8, 4) is 0 Å². The minimum absolute atomic E-state index is 0.231. The molecule has 1 unspecified atom stereocenters. The summed E-state index contributed by atoms with van der Waals surface area (Å²) in [7, 11) is 0. The third-order valence-electron chi connectivity index (χ3n) is 3.47. The van der Waals surface area contributed by atoms with E-state index >= 15 is 0 Å². The van der Waals surface area contributed by atoms with E-state index in [4.69, 9.17) is 0 Å². The van der Waals surface area contributed by atoms with Crippen LogP contribution in [0.1, 0.15) is 44.5 Å². The van der Waals surface area contributed by atoms with E-state index in [1.807, 2.05) is 19.9 Å². The van der Waals surface area contributed by atoms with Gasteiger partial charge >= 0.3 is 5.97 Å². The molecule has 4 nitrogen and oxygen atoms in total. The van der Waals surface area contributed by atoms with Crippen molar-refractivity contribution in [3.63, 3.8) is 0 Å². The Morgan fingerprint density at radius 3 is 2.20 bits per heavy atom. The number of rotatable bonds is 6. The van der Waals surface area contributed by atoms with Crippen molar-refractivity contribution in [3.05, 3.63) is 35.9 Å². The molecule has 1 aromatic rings. The number of carboxylic acids is 1. The van der Waals surface area contributed by atoms with Crippen molar-refractivity contribution < 1.29 is 14.7 Å². The third kappa shape index (κ3) is 4.08. The van der Waals surface area contributed by atoms with Gasteiger partial charge in [0.05, 0.1) is 5.41 Å². The Morgan fingerprint density at radius 2 is 1.75 bits per heavy atom. The maximum Gasteiger partial charge on any atom is 0.311 e. The average Bonchev–Trinajstić information content (AvgIpc) is 2.38. The summed E-state index contributed by atoms with van der Waals surface area (Å²) in [5.74, 6) is -0.836. The van der Waals surface area contributed by atoms with Gasteiger partial charge in [-0.15, -0.1) is 0 Å². The molecule has 0 heterocycles. The predicted molar refractivity (Wildman–Crippen MR) is 78.6 cm³/mol. The number of benzene rings is 1. The Kier molecular flexibility index (Phi) is 5.31. The average molecular weight is 277 g/mol. The Labute approximate surface area is 120 Å². The molecule has 2 N–H and O–H groups in total. The van der Waals surface area contributed by atoms with Crippen molar-refractivity contribution in [1.82, 2.24) is 5.32 Å². The van der Waals surface area contributed by atoms with Gasteiger partial charge in [0.15, 0.2) is 0 Å². The fourth-order valence-electron chi connectivity index (χ4n) is 1.99. The Bertz CT molecular complexity index is 466. The van der Waals surface area contributed by atoms with E-state index < -0.39 is 17.4 Å². The Morgan fingerprint density at radius 1 is 1.20 bits per heavy atom. The molecule has 0 aromatic heterocycles. The van der Waals surface area contributed by atoms with Gasteiger partial charge in [0, 0.05) is 11.6 Å². The van der Waals surface area contributed by atoms with Crippen molar-refractivity contribution in [2.75, 3.05) is 0 Å². The van der Waals surface area contributed by atoms with E-state index in [1.54, 1.807) is 38.1 Å². The largest absolute Gasteiger partial charge is 0.481 e. The highest BCUT2D eigenvalue weighted by Gasteiger charge is 2.38. The van der Waals surface area contributed by atoms with Crippen LogP contribution in [0.25, 0.3) is 0 Å². The smallest absolute Gasteiger partial charge is 0.311 e. The fraction of sp³-hybridized carbons (Fsp3) is 0.500. The summed E-state index contributed by atoms with van der Waals surface area (Å²) in [5, 5.41) is 12.2. The zero-order valence-electron chi connectivity index (χ0n) is 12.5. The predicted octanol–water partition coefficient (Wildman–Crippen LogP) is 2.94. The second-order valence-electron chi connectivity index (χ2n) is 6.05. The van der Waals surface area contributed by atoms with Gasteiger partial charge in [0.2, 0.25) is 0 Å². The second kappa shape index (κ2) is 6.55. The van der Waals surface area contributed by atoms with Crippen LogP contribution in [-0.2, 0) is 4.79 Å². The number of hydrogen-bond acceptors (Lipinski definition) is 2. The summed E-state index contributed by atoms with van der Waals surface area (Å²) in [6.07, 6.45) is 0.623. The number of carbonyl (C=O) groups excluding carboxylic acids is 1. The molecule has 1 atom stereocenters. The highest BCUT2D eigenvalue weighted by molar-refractivity contribution is 5.94. The molecule has 0 fully saturated rings. The Balaban J connectivity index is 2.91. The van der Waals surface area contributed by atoms with E-state index in [0.717, 1.165) is 0 Å². The first kappa shape index (κ1) is 16.2. The summed E-state index contributed by atoms with van der Waals surface area (Å²) in [4.78, 5) is 23.6. The summed E-state index contributed by atoms with van der Waals surface area (Å²) < 4.78 is 0. The summed E-state index contributed by atoms with van der Waals surface area (Å²) in [5.41, 5.74) is -0.461. The van der Waals surface area contributed by atoms with Crippen LogP contribution in [-0.4, -0.2) is 23.0 Å². The van der Waals surface area contributed by atoms with Gasteiger partial charge in [0.25, 0.3) is 5.91 Å². The quantitative estimate of drug-likeness (QED) is 0.840. The number of amides is 1. The normalized spacial score (nSPS) is 13.1. The molecule has 0 radical (unpaired) electrons. The van der Waals surface area contributed by atoms with Crippen LogP contribution in [0, 0.1) is 11.3 Å². The van der Waals surface area contributed by atoms with Gasteiger partial charge in [0.1, 0.15) is 0 Å². The third-order valence-corrected chi connectivity index (χ3v) is 3.47. The number of carbonyl (C=O) groups is 2. The zero-order chi connectivity index (χ0) is 15.3. The Hall–Kier alpha value is -1.84. The minimum atomic E-state index is -1.01. The number of aliphatic carboxylic acids is 1. The van der Waals surface area contributed by atoms with Crippen molar-refractivity contribution in [2.24, 2.45) is 11.3 Å². The van der Waals surface area contributed by atoms with Gasteiger partial charge in [-0.3, -0.25) is 9.59 Å². The summed E-state index contributed by atoms with van der Waals surface area (Å²) >= 11 is 0. The molecule has 0 spiro atoms. The molecule has 0 saturated heterocycles. The molecule has 4 heteroatoms. The van der Waals surface area contributed by atoms with Gasteiger partial charge in [-0.05, 0) is 38.3 Å². The number of hydrogen-bond donors (Lipinski definition) is 2. The van der Waals surface area contributed by atoms with Gasteiger partial charge < -0.3 is 10.4 Å². The van der Waals surface area contributed by atoms with E-state index in [2.05, 4.69) is 5.32 Å². The van der Waals surface area contributed by atoms with E-state index in [0.29, 0.717) is 17.9 Å². The van der Waals surface area contributed by atoms with Crippen LogP contribution in [0.15, 0.2) is 30.3 Å². The van der Waals surface area contributed by atoms with E-state index in [1.165, 1.54) is 0 Å². The molecule has 0 aliphatic heterocycles. The topological polar surface area (TPSA) is 66.4 Å². The molecular formula is C16H23NO3. The van der Waals surface area contributed by atoms with Gasteiger partial charge in [-0.1, -0.05) is 32.0 Å². The first-order chi connectivity index (χ1) is 9.25. The van der Waals surface area contributed by atoms with Crippen LogP contribution >= 0.6 is 0 Å². The van der Waals surface area contributed by atoms with E-state index in [9.17, 15) is 14.7 Å². The monoisotopic (exact) mass is 277 g/mol. The van der Waals surface area contributed by atoms with Crippen molar-refractivity contribution >= 4 is 11.9 Å². The van der Waals surface area contributed by atoms with Crippen LogP contribution in [0.2, 0.25) is 0 Å². The van der Waals surface area contributed by atoms with Gasteiger partial charge in [-0.25, -0.2) is 0 Å². The summed E-state index contributed by atoms with van der Waals surface area (Å²) in [6.45, 7) is 7.32. The molecule has 110 valence electrons. The first-order valence-electron chi connectivity index (χ1n) is 6.84. The molecule has 1 aromatic carbocycles. The molecule has 0 aliphatic rings. The summed E-state index contributed by atoms with van der Waals surface area (Å²) in [6, 6.07) is 8.44. The highest BCUT2D eigenvalue weighted by Crippen LogP contribution is 2.26.